The first-order valence-corrected chi connectivity index (χ1v) is 9.28. The van der Waals surface area contributed by atoms with Gasteiger partial charge >= 0.3 is 6.03 Å². The summed E-state index contributed by atoms with van der Waals surface area (Å²) < 4.78 is 5.32. The van der Waals surface area contributed by atoms with Gasteiger partial charge in [-0.1, -0.05) is 38.3 Å². The third kappa shape index (κ3) is 5.23. The van der Waals surface area contributed by atoms with Crippen LogP contribution in [0.1, 0.15) is 76.2 Å². The molecule has 1 aromatic rings. The molecule has 0 spiro atoms. The highest BCUT2D eigenvalue weighted by Crippen LogP contribution is 2.23. The summed E-state index contributed by atoms with van der Waals surface area (Å²) in [6.45, 7) is 4.73. The van der Waals surface area contributed by atoms with Crippen molar-refractivity contribution in [3.05, 3.63) is 17.5 Å². The summed E-state index contributed by atoms with van der Waals surface area (Å²) in [5.74, 6) is 1.24. The summed E-state index contributed by atoms with van der Waals surface area (Å²) in [5.41, 5.74) is 0.960. The van der Waals surface area contributed by atoms with Crippen molar-refractivity contribution in [1.29, 1.82) is 0 Å². The van der Waals surface area contributed by atoms with Crippen LogP contribution in [0.3, 0.4) is 0 Å². The summed E-state index contributed by atoms with van der Waals surface area (Å²) in [5, 5.41) is 19.5. The molecule has 1 aromatic heterocycles. The van der Waals surface area contributed by atoms with Crippen molar-refractivity contribution in [1.82, 2.24) is 15.8 Å². The lowest BCUT2D eigenvalue weighted by Crippen LogP contribution is -2.45. The summed E-state index contributed by atoms with van der Waals surface area (Å²) in [6.07, 6.45) is 7.36. The van der Waals surface area contributed by atoms with Crippen LogP contribution in [0.4, 0.5) is 4.79 Å². The quantitative estimate of drug-likeness (QED) is 0.666. The van der Waals surface area contributed by atoms with Crippen molar-refractivity contribution in [2.75, 3.05) is 6.61 Å². The Kier molecular flexibility index (Phi) is 7.56. The molecule has 2 rings (SSSR count). The van der Waals surface area contributed by atoms with Crippen LogP contribution < -0.4 is 10.6 Å². The Balaban J connectivity index is 1.82. The first-order valence-electron chi connectivity index (χ1n) is 9.28. The summed E-state index contributed by atoms with van der Waals surface area (Å²) in [4.78, 5) is 12.1. The highest BCUT2D eigenvalue weighted by atomic mass is 16.5. The van der Waals surface area contributed by atoms with E-state index < -0.39 is 0 Å². The van der Waals surface area contributed by atoms with Crippen LogP contribution in [0.5, 0.6) is 0 Å². The maximum absolute atomic E-state index is 12.1. The zero-order valence-electron chi connectivity index (χ0n) is 14.9. The average Bonchev–Trinajstić information content (AvgIpc) is 2.94. The topological polar surface area (TPSA) is 87.4 Å². The van der Waals surface area contributed by atoms with Crippen LogP contribution in [-0.4, -0.2) is 28.9 Å². The standard InChI is InChI=1S/C18H31N3O3/c1-3-13(4-2)17-10-15(24-21-17)11-19-18(23)20-16-9-7-5-6-8-14(16)12-22/h10,13-14,16,22H,3-9,11-12H2,1-2H3,(H2,19,20,23). The number of hydrogen-bond donors (Lipinski definition) is 3. The molecule has 0 radical (unpaired) electrons. The lowest BCUT2D eigenvalue weighted by atomic mass is 9.96. The number of nitrogens with one attached hydrogen (secondary N) is 2. The fraction of sp³-hybridized carbons (Fsp3) is 0.778. The van der Waals surface area contributed by atoms with E-state index in [-0.39, 0.29) is 24.6 Å². The first-order chi connectivity index (χ1) is 11.7. The van der Waals surface area contributed by atoms with Crippen LogP contribution in [0.25, 0.3) is 0 Å². The monoisotopic (exact) mass is 337 g/mol. The predicted molar refractivity (Wildman–Crippen MR) is 92.6 cm³/mol. The number of carbonyl (C=O) groups excluding carboxylic acids is 1. The number of aromatic nitrogens is 1. The van der Waals surface area contributed by atoms with Gasteiger partial charge in [0.2, 0.25) is 0 Å². The largest absolute Gasteiger partial charge is 0.396 e. The van der Waals surface area contributed by atoms with Gasteiger partial charge in [-0.2, -0.15) is 0 Å². The maximum Gasteiger partial charge on any atom is 0.315 e. The number of rotatable bonds is 7. The minimum absolute atomic E-state index is 0.0485. The number of hydrogen-bond acceptors (Lipinski definition) is 4. The summed E-state index contributed by atoms with van der Waals surface area (Å²) >= 11 is 0. The van der Waals surface area contributed by atoms with Gasteiger partial charge in [-0.25, -0.2) is 4.79 Å². The van der Waals surface area contributed by atoms with Crippen LogP contribution in [0.2, 0.25) is 0 Å². The highest BCUT2D eigenvalue weighted by Gasteiger charge is 2.24. The van der Waals surface area contributed by atoms with Gasteiger partial charge in [-0.05, 0) is 25.7 Å². The normalized spacial score (nSPS) is 21.5. The Morgan fingerprint density at radius 2 is 2.08 bits per heavy atom. The van der Waals surface area contributed by atoms with Crippen LogP contribution in [0, 0.1) is 5.92 Å². The van der Waals surface area contributed by atoms with Crippen LogP contribution in [-0.2, 0) is 6.54 Å². The Hall–Kier alpha value is -1.56. The Bertz CT molecular complexity index is 499. The van der Waals surface area contributed by atoms with Crippen molar-refractivity contribution in [3.8, 4) is 0 Å². The third-order valence-corrected chi connectivity index (χ3v) is 5.11. The molecular weight excluding hydrogens is 306 g/mol. The predicted octanol–water partition coefficient (Wildman–Crippen LogP) is 3.32. The molecule has 1 aliphatic carbocycles. The Labute approximate surface area is 144 Å². The minimum Gasteiger partial charge on any atom is -0.396 e. The molecule has 24 heavy (non-hydrogen) atoms. The molecule has 0 saturated heterocycles. The molecule has 2 amide bonds. The second-order valence-corrected chi connectivity index (χ2v) is 6.75. The number of aliphatic hydroxyl groups is 1. The van der Waals surface area contributed by atoms with Crippen molar-refractivity contribution in [2.24, 2.45) is 5.92 Å². The molecule has 3 N–H and O–H groups in total. The average molecular weight is 337 g/mol. The zero-order chi connectivity index (χ0) is 17.4. The molecule has 6 nitrogen and oxygen atoms in total. The molecule has 2 atom stereocenters. The minimum atomic E-state index is -0.208. The van der Waals surface area contributed by atoms with Gasteiger partial charge in [-0.3, -0.25) is 0 Å². The van der Waals surface area contributed by atoms with Crippen molar-refractivity contribution < 1.29 is 14.4 Å². The van der Waals surface area contributed by atoms with Gasteiger partial charge < -0.3 is 20.3 Å². The van der Waals surface area contributed by atoms with Crippen LogP contribution in [0.15, 0.2) is 10.6 Å². The lowest BCUT2D eigenvalue weighted by molar-refractivity contribution is 0.178. The molecule has 1 saturated carbocycles. The molecule has 0 bridgehead atoms. The molecule has 0 aromatic carbocycles. The van der Waals surface area contributed by atoms with E-state index in [1.165, 1.54) is 6.42 Å². The number of aliphatic hydroxyl groups excluding tert-OH is 1. The van der Waals surface area contributed by atoms with E-state index in [2.05, 4.69) is 29.6 Å². The molecule has 1 aliphatic rings. The van der Waals surface area contributed by atoms with E-state index in [4.69, 9.17) is 4.52 Å². The van der Waals surface area contributed by atoms with Crippen LogP contribution >= 0.6 is 0 Å². The summed E-state index contributed by atoms with van der Waals surface area (Å²) in [6, 6.07) is 1.77. The molecule has 2 unspecified atom stereocenters. The Morgan fingerprint density at radius 1 is 1.33 bits per heavy atom. The fourth-order valence-electron chi connectivity index (χ4n) is 3.49. The van der Waals surface area contributed by atoms with Gasteiger partial charge in [0, 0.05) is 30.6 Å². The molecule has 6 heteroatoms. The van der Waals surface area contributed by atoms with E-state index in [1.54, 1.807) is 0 Å². The number of carbonyl (C=O) groups is 1. The fourth-order valence-corrected chi connectivity index (χ4v) is 3.49. The van der Waals surface area contributed by atoms with E-state index in [9.17, 15) is 9.90 Å². The summed E-state index contributed by atoms with van der Waals surface area (Å²) in [7, 11) is 0. The highest BCUT2D eigenvalue weighted by molar-refractivity contribution is 5.74. The number of amides is 2. The van der Waals surface area contributed by atoms with Crippen molar-refractivity contribution in [3.63, 3.8) is 0 Å². The number of nitrogens with zero attached hydrogens (tertiary/aromatic N) is 1. The van der Waals surface area contributed by atoms with Gasteiger partial charge in [0.25, 0.3) is 0 Å². The lowest BCUT2D eigenvalue weighted by Gasteiger charge is -2.24. The molecule has 1 heterocycles. The maximum atomic E-state index is 12.1. The van der Waals surface area contributed by atoms with E-state index in [1.807, 2.05) is 6.07 Å². The van der Waals surface area contributed by atoms with Gasteiger partial charge in [0.1, 0.15) is 0 Å². The van der Waals surface area contributed by atoms with Crippen molar-refractivity contribution in [2.45, 2.75) is 77.3 Å². The zero-order valence-corrected chi connectivity index (χ0v) is 14.9. The van der Waals surface area contributed by atoms with E-state index in [0.29, 0.717) is 18.2 Å². The van der Waals surface area contributed by atoms with Gasteiger partial charge in [0.15, 0.2) is 5.76 Å². The van der Waals surface area contributed by atoms with Crippen molar-refractivity contribution >= 4 is 6.03 Å². The smallest absolute Gasteiger partial charge is 0.315 e. The SMILES string of the molecule is CCC(CC)c1cc(CNC(=O)NC2CCCCCC2CO)on1. The molecular formula is C18H31N3O3. The molecule has 136 valence electrons. The number of urea groups is 1. The van der Waals surface area contributed by atoms with E-state index >= 15 is 0 Å². The van der Waals surface area contributed by atoms with Gasteiger partial charge in [0.05, 0.1) is 12.2 Å². The first kappa shape index (κ1) is 18.8. The second kappa shape index (κ2) is 9.67. The third-order valence-electron chi connectivity index (χ3n) is 5.11. The van der Waals surface area contributed by atoms with E-state index in [0.717, 1.165) is 44.2 Å². The molecule has 1 fully saturated rings. The Morgan fingerprint density at radius 3 is 2.79 bits per heavy atom. The molecule has 0 aliphatic heterocycles. The van der Waals surface area contributed by atoms with Gasteiger partial charge in [-0.15, -0.1) is 0 Å². The second-order valence-electron chi connectivity index (χ2n) is 6.75.